The first kappa shape index (κ1) is 12.0. The van der Waals surface area contributed by atoms with Crippen LogP contribution >= 0.6 is 0 Å². The third-order valence-electron chi connectivity index (χ3n) is 2.63. The molecular formula is C14H21N. The van der Waals surface area contributed by atoms with E-state index in [0.717, 1.165) is 6.42 Å². The molecule has 1 heteroatoms. The van der Waals surface area contributed by atoms with Gasteiger partial charge in [0.05, 0.1) is 0 Å². The molecule has 0 aliphatic heterocycles. The van der Waals surface area contributed by atoms with Crippen molar-refractivity contribution in [2.75, 3.05) is 0 Å². The molecule has 82 valence electrons. The van der Waals surface area contributed by atoms with Crippen molar-refractivity contribution in [1.82, 2.24) is 0 Å². The van der Waals surface area contributed by atoms with E-state index in [2.05, 4.69) is 51.6 Å². The zero-order valence-corrected chi connectivity index (χ0v) is 9.96. The van der Waals surface area contributed by atoms with E-state index in [9.17, 15) is 0 Å². The van der Waals surface area contributed by atoms with Crippen LogP contribution in [0.15, 0.2) is 36.9 Å². The highest BCUT2D eigenvalue weighted by Crippen LogP contribution is 2.24. The second-order valence-corrected chi connectivity index (χ2v) is 5.00. The monoisotopic (exact) mass is 203 g/mol. The Balaban J connectivity index is 2.85. The summed E-state index contributed by atoms with van der Waals surface area (Å²) in [7, 11) is 0. The second-order valence-electron chi connectivity index (χ2n) is 5.00. The quantitative estimate of drug-likeness (QED) is 0.747. The zero-order valence-electron chi connectivity index (χ0n) is 9.96. The lowest BCUT2D eigenvalue weighted by molar-refractivity contribution is 0.589. The Bertz CT molecular complexity index is 316. The van der Waals surface area contributed by atoms with Gasteiger partial charge in [-0.25, -0.2) is 0 Å². The maximum Gasteiger partial charge on any atom is 0.0329 e. The van der Waals surface area contributed by atoms with E-state index in [1.165, 1.54) is 11.1 Å². The molecule has 1 nitrogen and oxygen atoms in total. The number of benzene rings is 1. The summed E-state index contributed by atoms with van der Waals surface area (Å²) in [5.74, 6) is 0. The van der Waals surface area contributed by atoms with Gasteiger partial charge in [0.15, 0.2) is 0 Å². The van der Waals surface area contributed by atoms with Crippen LogP contribution in [0.5, 0.6) is 0 Å². The molecule has 0 amide bonds. The Morgan fingerprint density at radius 1 is 1.27 bits per heavy atom. The van der Waals surface area contributed by atoms with Crippen LogP contribution in [0.2, 0.25) is 0 Å². The molecule has 0 radical (unpaired) electrons. The first-order valence-corrected chi connectivity index (χ1v) is 5.42. The molecule has 0 aliphatic carbocycles. The largest absolute Gasteiger partial charge is 0.324 e. The van der Waals surface area contributed by atoms with Crippen molar-refractivity contribution in [2.24, 2.45) is 5.73 Å². The molecule has 0 heterocycles. The van der Waals surface area contributed by atoms with E-state index < -0.39 is 0 Å². The summed E-state index contributed by atoms with van der Waals surface area (Å²) in [6, 6.07) is 8.65. The fourth-order valence-electron chi connectivity index (χ4n) is 1.55. The SMILES string of the molecule is C=CC[C@@H](N)c1ccc(C(C)(C)C)cc1. The second kappa shape index (κ2) is 4.63. The minimum Gasteiger partial charge on any atom is -0.324 e. The molecule has 0 fully saturated rings. The van der Waals surface area contributed by atoms with Crippen LogP contribution in [0.25, 0.3) is 0 Å². The van der Waals surface area contributed by atoms with Crippen molar-refractivity contribution in [1.29, 1.82) is 0 Å². The Kier molecular flexibility index (Phi) is 3.70. The molecule has 0 bridgehead atoms. The predicted molar refractivity (Wildman–Crippen MR) is 66.9 cm³/mol. The van der Waals surface area contributed by atoms with E-state index in [0.29, 0.717) is 0 Å². The standard InChI is InChI=1S/C14H21N/c1-5-6-13(15)11-7-9-12(10-8-11)14(2,3)4/h5,7-10,13H,1,6,15H2,2-4H3/t13-/m1/s1. The van der Waals surface area contributed by atoms with Crippen molar-refractivity contribution in [3.8, 4) is 0 Å². The highest BCUT2D eigenvalue weighted by atomic mass is 14.6. The van der Waals surface area contributed by atoms with Crippen LogP contribution < -0.4 is 5.73 Å². The molecule has 0 unspecified atom stereocenters. The lowest BCUT2D eigenvalue weighted by Gasteiger charge is -2.20. The molecule has 1 rings (SSSR count). The van der Waals surface area contributed by atoms with E-state index in [1.807, 2.05) is 6.08 Å². The molecule has 1 aromatic rings. The predicted octanol–water partition coefficient (Wildman–Crippen LogP) is 3.56. The van der Waals surface area contributed by atoms with Crippen LogP contribution in [0.3, 0.4) is 0 Å². The third-order valence-corrected chi connectivity index (χ3v) is 2.63. The van der Waals surface area contributed by atoms with Gasteiger partial charge in [-0.05, 0) is 23.0 Å². The van der Waals surface area contributed by atoms with E-state index in [4.69, 9.17) is 5.73 Å². The van der Waals surface area contributed by atoms with E-state index >= 15 is 0 Å². The summed E-state index contributed by atoms with van der Waals surface area (Å²) in [6.45, 7) is 10.3. The van der Waals surface area contributed by atoms with Crippen LogP contribution in [-0.4, -0.2) is 0 Å². The highest BCUT2D eigenvalue weighted by Gasteiger charge is 2.13. The molecule has 0 aromatic heterocycles. The maximum atomic E-state index is 5.99. The zero-order chi connectivity index (χ0) is 11.5. The van der Waals surface area contributed by atoms with Gasteiger partial charge in [-0.2, -0.15) is 0 Å². The Morgan fingerprint density at radius 2 is 1.80 bits per heavy atom. The number of nitrogens with two attached hydrogens (primary N) is 1. The molecule has 1 aromatic carbocycles. The summed E-state index contributed by atoms with van der Waals surface area (Å²) < 4.78 is 0. The minimum absolute atomic E-state index is 0.0801. The molecule has 0 spiro atoms. The van der Waals surface area contributed by atoms with Crippen LogP contribution in [0.1, 0.15) is 44.4 Å². The van der Waals surface area contributed by atoms with E-state index in [1.54, 1.807) is 0 Å². The topological polar surface area (TPSA) is 26.0 Å². The van der Waals surface area contributed by atoms with Gasteiger partial charge in [-0.3, -0.25) is 0 Å². The van der Waals surface area contributed by atoms with Gasteiger partial charge in [0, 0.05) is 6.04 Å². The Morgan fingerprint density at radius 3 is 2.20 bits per heavy atom. The first-order valence-electron chi connectivity index (χ1n) is 5.42. The fraction of sp³-hybridized carbons (Fsp3) is 0.429. The van der Waals surface area contributed by atoms with Crippen molar-refractivity contribution < 1.29 is 0 Å². The van der Waals surface area contributed by atoms with Gasteiger partial charge in [-0.15, -0.1) is 6.58 Å². The fourth-order valence-corrected chi connectivity index (χ4v) is 1.55. The summed E-state index contributed by atoms with van der Waals surface area (Å²) in [6.07, 6.45) is 2.69. The summed E-state index contributed by atoms with van der Waals surface area (Å²) in [5.41, 5.74) is 8.73. The van der Waals surface area contributed by atoms with Crippen molar-refractivity contribution >= 4 is 0 Å². The molecule has 0 saturated heterocycles. The molecular weight excluding hydrogens is 182 g/mol. The number of rotatable bonds is 3. The van der Waals surface area contributed by atoms with Crippen molar-refractivity contribution in [2.45, 2.75) is 38.6 Å². The third kappa shape index (κ3) is 3.21. The molecule has 15 heavy (non-hydrogen) atoms. The van der Waals surface area contributed by atoms with Gasteiger partial charge < -0.3 is 5.73 Å². The van der Waals surface area contributed by atoms with Gasteiger partial charge in [0.2, 0.25) is 0 Å². The van der Waals surface area contributed by atoms with E-state index in [-0.39, 0.29) is 11.5 Å². The molecule has 0 aliphatic rings. The summed E-state index contributed by atoms with van der Waals surface area (Å²) >= 11 is 0. The Labute approximate surface area is 93.0 Å². The number of hydrogen-bond acceptors (Lipinski definition) is 1. The highest BCUT2D eigenvalue weighted by molar-refractivity contribution is 5.29. The minimum atomic E-state index is 0.0801. The average Bonchev–Trinajstić information content (AvgIpc) is 2.17. The van der Waals surface area contributed by atoms with Crippen LogP contribution in [-0.2, 0) is 5.41 Å². The molecule has 2 N–H and O–H groups in total. The normalized spacial score (nSPS) is 13.6. The van der Waals surface area contributed by atoms with Crippen molar-refractivity contribution in [3.63, 3.8) is 0 Å². The van der Waals surface area contributed by atoms with Gasteiger partial charge in [-0.1, -0.05) is 51.1 Å². The summed E-state index contributed by atoms with van der Waals surface area (Å²) in [4.78, 5) is 0. The van der Waals surface area contributed by atoms with Crippen molar-refractivity contribution in [3.05, 3.63) is 48.0 Å². The van der Waals surface area contributed by atoms with Crippen LogP contribution in [0.4, 0.5) is 0 Å². The smallest absolute Gasteiger partial charge is 0.0329 e. The summed E-state index contributed by atoms with van der Waals surface area (Å²) in [5, 5.41) is 0. The van der Waals surface area contributed by atoms with Gasteiger partial charge >= 0.3 is 0 Å². The Hall–Kier alpha value is -1.08. The molecule has 0 saturated carbocycles. The average molecular weight is 203 g/mol. The first-order chi connectivity index (χ1) is 6.95. The lowest BCUT2D eigenvalue weighted by atomic mass is 9.86. The molecule has 1 atom stereocenters. The lowest BCUT2D eigenvalue weighted by Crippen LogP contribution is -2.13. The number of hydrogen-bond donors (Lipinski definition) is 1. The van der Waals surface area contributed by atoms with Gasteiger partial charge in [0.1, 0.15) is 0 Å². The maximum absolute atomic E-state index is 5.99. The van der Waals surface area contributed by atoms with Gasteiger partial charge in [0.25, 0.3) is 0 Å². The van der Waals surface area contributed by atoms with Crippen LogP contribution in [0, 0.1) is 0 Å².